The third-order valence-electron chi connectivity index (χ3n) is 2.71. The second-order valence-corrected chi connectivity index (χ2v) is 4.79. The molecule has 120 valence electrons. The number of nitrogens with two attached hydrogens (primary N) is 2. The van der Waals surface area contributed by atoms with E-state index in [0.717, 1.165) is 0 Å². The summed E-state index contributed by atoms with van der Waals surface area (Å²) >= 11 is 3.90. The van der Waals surface area contributed by atoms with E-state index < -0.39 is 11.9 Å². The Hall–Kier alpha value is -1.10. The molecule has 0 fully saturated rings. The normalized spacial score (nSPS) is 8.96. The summed E-state index contributed by atoms with van der Waals surface area (Å²) in [6.45, 7) is 0. The van der Waals surface area contributed by atoms with Crippen LogP contribution in [0.4, 0.5) is 11.4 Å². The molecule has 0 saturated carbocycles. The Balaban J connectivity index is 0.000000443. The minimum absolute atomic E-state index is 0. The van der Waals surface area contributed by atoms with E-state index in [1.54, 1.807) is 0 Å². The number of hydrogen-bond donors (Lipinski definition) is 2. The first-order valence-corrected chi connectivity index (χ1v) is 7.19. The second kappa shape index (κ2) is 11.5. The topological polar surface area (TPSA) is 151 Å². The van der Waals surface area contributed by atoms with Crippen LogP contribution in [0, 0.1) is 0 Å². The van der Waals surface area contributed by atoms with Gasteiger partial charge >= 0.3 is 71.0 Å². The van der Waals surface area contributed by atoms with Gasteiger partial charge in [0, 0.05) is 34.6 Å². The summed E-state index contributed by atoms with van der Waals surface area (Å²) in [6, 6.07) is 8.45. The molecule has 0 aliphatic rings. The summed E-state index contributed by atoms with van der Waals surface area (Å²) in [4.78, 5) is 20.9. The first-order chi connectivity index (χ1) is 11.3. The van der Waals surface area contributed by atoms with Crippen LogP contribution in [-0.4, -0.2) is 82.9 Å². The van der Waals surface area contributed by atoms with Crippen molar-refractivity contribution in [1.82, 2.24) is 0 Å². The molecule has 4 N–H and O–H groups in total. The average Bonchev–Trinajstić information content (AvgIpc) is 2.54. The van der Waals surface area contributed by atoms with E-state index in [1.165, 1.54) is 36.4 Å². The summed E-state index contributed by atoms with van der Waals surface area (Å²) < 4.78 is 9.41. The molecule has 0 aliphatic carbocycles. The zero-order valence-electron chi connectivity index (χ0n) is 12.9. The predicted octanol–water partition coefficient (Wildman–Crippen LogP) is -2.19. The molecule has 0 atom stereocenters. The fourth-order valence-electron chi connectivity index (χ4n) is 1.61. The molecule has 2 aromatic carbocycles. The van der Waals surface area contributed by atoms with Crippen molar-refractivity contribution in [1.29, 1.82) is 0 Å². The number of aromatic carboxylic acids is 2. The van der Waals surface area contributed by atoms with Crippen LogP contribution in [0.1, 0.15) is 20.7 Å². The Kier molecular flexibility index (Phi) is 11.0. The molecule has 0 aromatic heterocycles. The molecule has 0 unspecified atom stereocenters. The van der Waals surface area contributed by atoms with E-state index in [-0.39, 0.29) is 60.4 Å². The molecule has 4 radical (unpaired) electrons. The maximum Gasteiger partial charge on any atom is 2.00 e. The molecule has 0 aliphatic heterocycles. The number of carbonyl (C=O) groups is 2. The van der Waals surface area contributed by atoms with E-state index in [1.807, 2.05) is 33.2 Å². The Morgan fingerprint density at radius 1 is 0.800 bits per heavy atom. The minimum Gasteiger partial charge on any atom is -0.653 e. The minimum atomic E-state index is -1.28. The quantitative estimate of drug-likeness (QED) is 0.437. The van der Waals surface area contributed by atoms with E-state index >= 15 is 0 Å². The zero-order valence-corrected chi connectivity index (χ0v) is 17.4. The van der Waals surface area contributed by atoms with Gasteiger partial charge in [-0.2, -0.15) is 0 Å². The molecule has 8 nitrogen and oxygen atoms in total. The zero-order chi connectivity index (χ0) is 18.3. The molecule has 0 amide bonds. The summed E-state index contributed by atoms with van der Waals surface area (Å²) in [5.41, 5.74) is 11.7. The van der Waals surface area contributed by atoms with Gasteiger partial charge < -0.3 is 38.8 Å². The van der Waals surface area contributed by atoms with Crippen molar-refractivity contribution in [3.8, 4) is 11.5 Å². The van der Waals surface area contributed by atoms with Gasteiger partial charge in [-0.15, -0.1) is 0 Å². The van der Waals surface area contributed by atoms with Crippen LogP contribution in [-0.2, 0) is 0 Å². The first-order valence-electron chi connectivity index (χ1n) is 6.25. The van der Waals surface area contributed by atoms with Gasteiger partial charge in [-0.3, -0.25) is 0 Å². The van der Waals surface area contributed by atoms with E-state index in [9.17, 15) is 19.8 Å². The van der Waals surface area contributed by atoms with Gasteiger partial charge in [0.15, 0.2) is 0 Å². The van der Waals surface area contributed by atoms with E-state index in [2.05, 4.69) is 0 Å². The van der Waals surface area contributed by atoms with Crippen LogP contribution in [0.2, 0.25) is 0 Å². The fourth-order valence-corrected chi connectivity index (χ4v) is 2.00. The van der Waals surface area contributed by atoms with Crippen LogP contribution in [0.15, 0.2) is 36.4 Å². The molecule has 25 heavy (non-hydrogen) atoms. The Morgan fingerprint density at radius 2 is 1.12 bits per heavy atom. The molecule has 2 aromatic rings. The summed E-state index contributed by atoms with van der Waals surface area (Å²) in [5, 5.41) is 20.9. The number of benzene rings is 2. The van der Waals surface area contributed by atoms with Crippen LogP contribution < -0.4 is 29.3 Å². The predicted molar refractivity (Wildman–Crippen MR) is 88.9 cm³/mol. The SMILES string of the molecule is Nc1ccc(C(=O)[O-])c([O][Al])c1.Nc1ccc(C(=O)[O-])c([O][Al])c1.[Ca+2]. The maximum absolute atomic E-state index is 10.5. The van der Waals surface area contributed by atoms with Gasteiger partial charge in [0.2, 0.25) is 0 Å². The molecular formula is C14H10Al2CaN2O6. The van der Waals surface area contributed by atoms with Crippen LogP contribution in [0.5, 0.6) is 11.5 Å². The van der Waals surface area contributed by atoms with Gasteiger partial charge in [-0.25, -0.2) is 0 Å². The number of hydrogen-bond acceptors (Lipinski definition) is 8. The smallest absolute Gasteiger partial charge is 0.653 e. The number of carbonyl (C=O) groups excluding carboxylic acids is 2. The van der Waals surface area contributed by atoms with Crippen LogP contribution in [0.3, 0.4) is 0 Å². The molecule has 2 rings (SSSR count). The third kappa shape index (κ3) is 7.35. The first kappa shape index (κ1) is 23.9. The van der Waals surface area contributed by atoms with Gasteiger partial charge in [0.1, 0.15) is 0 Å². The number of anilines is 2. The fraction of sp³-hybridized carbons (Fsp3) is 0. The Morgan fingerprint density at radius 3 is 1.36 bits per heavy atom. The van der Waals surface area contributed by atoms with Crippen molar-refractivity contribution in [3.63, 3.8) is 0 Å². The number of nitrogen functional groups attached to an aromatic ring is 2. The van der Waals surface area contributed by atoms with Crippen molar-refractivity contribution >= 4 is 94.3 Å². The van der Waals surface area contributed by atoms with Crippen molar-refractivity contribution in [3.05, 3.63) is 47.5 Å². The van der Waals surface area contributed by atoms with Gasteiger partial charge in [0.25, 0.3) is 0 Å². The number of carboxylic acids is 2. The monoisotopic (exact) mass is 396 g/mol. The van der Waals surface area contributed by atoms with Crippen molar-refractivity contribution in [2.24, 2.45) is 0 Å². The van der Waals surface area contributed by atoms with Crippen molar-refractivity contribution < 1.29 is 27.4 Å². The summed E-state index contributed by atoms with van der Waals surface area (Å²) in [6.07, 6.45) is 0. The second-order valence-electron chi connectivity index (χ2n) is 4.32. The molecule has 0 bridgehead atoms. The summed E-state index contributed by atoms with van der Waals surface area (Å²) in [5.74, 6) is -2.21. The van der Waals surface area contributed by atoms with Crippen molar-refractivity contribution in [2.45, 2.75) is 0 Å². The average molecular weight is 396 g/mol. The molecule has 11 heteroatoms. The van der Waals surface area contributed by atoms with Gasteiger partial charge in [-0.05, 0) is 24.3 Å². The molecule has 0 saturated heterocycles. The number of carboxylic acid groups (broad SMARTS) is 2. The largest absolute Gasteiger partial charge is 2.00 e. The van der Waals surface area contributed by atoms with Gasteiger partial charge in [0.05, 0.1) is 23.4 Å². The molecule has 0 spiro atoms. The van der Waals surface area contributed by atoms with E-state index in [0.29, 0.717) is 11.4 Å². The van der Waals surface area contributed by atoms with Crippen molar-refractivity contribution in [2.75, 3.05) is 11.5 Å². The molecule has 0 heterocycles. The Labute approximate surface area is 190 Å². The van der Waals surface area contributed by atoms with Crippen LogP contribution >= 0.6 is 0 Å². The van der Waals surface area contributed by atoms with Crippen LogP contribution in [0.25, 0.3) is 0 Å². The summed E-state index contributed by atoms with van der Waals surface area (Å²) in [7, 11) is 0. The Bertz CT molecular complexity index is 697. The third-order valence-corrected chi connectivity index (χ3v) is 3.21. The maximum atomic E-state index is 10.5. The van der Waals surface area contributed by atoms with Gasteiger partial charge in [-0.1, -0.05) is 0 Å². The number of rotatable bonds is 4. The van der Waals surface area contributed by atoms with E-state index in [4.69, 9.17) is 19.0 Å². The molecular weight excluding hydrogens is 386 g/mol. The standard InChI is InChI=1S/2C7H7NO3.2Al.Ca/c2*8-4-1-2-5(7(10)11)6(9)3-4;;;/h2*1-3,9H,8H2,(H,10,11);;;/q;;2*+1;+2/p-4.